The van der Waals surface area contributed by atoms with E-state index in [2.05, 4.69) is 0 Å². The second-order valence-electron chi connectivity index (χ2n) is 6.03. The molecule has 1 aromatic rings. The zero-order valence-corrected chi connectivity index (χ0v) is 14.4. The van der Waals surface area contributed by atoms with Gasteiger partial charge in [-0.3, -0.25) is 4.79 Å². The number of aryl methyl sites for hydroxylation is 1. The van der Waals surface area contributed by atoms with Crippen molar-refractivity contribution < 1.29 is 39.4 Å². The predicted molar refractivity (Wildman–Crippen MR) is 86.2 cm³/mol. The molecule has 0 saturated carbocycles. The molecule has 1 aliphatic rings. The van der Waals surface area contributed by atoms with E-state index in [0.29, 0.717) is 11.1 Å². The average molecular weight is 356 g/mol. The van der Waals surface area contributed by atoms with Crippen molar-refractivity contribution in [1.82, 2.24) is 0 Å². The van der Waals surface area contributed by atoms with E-state index >= 15 is 0 Å². The molecular weight excluding hydrogens is 332 g/mol. The summed E-state index contributed by atoms with van der Waals surface area (Å²) in [7, 11) is 0. The highest BCUT2D eigenvalue weighted by atomic mass is 16.7. The first-order valence-electron chi connectivity index (χ1n) is 8.09. The van der Waals surface area contributed by atoms with Gasteiger partial charge in [0.05, 0.1) is 19.1 Å². The van der Waals surface area contributed by atoms with Crippen LogP contribution in [-0.4, -0.2) is 63.7 Å². The van der Waals surface area contributed by atoms with Crippen LogP contribution in [0.5, 0.6) is 11.5 Å². The van der Waals surface area contributed by atoms with E-state index < -0.39 is 36.7 Å². The van der Waals surface area contributed by atoms with Gasteiger partial charge in [0.25, 0.3) is 0 Å². The number of esters is 1. The Balaban J connectivity index is 2.25. The highest BCUT2D eigenvalue weighted by Gasteiger charge is 2.43. The maximum absolute atomic E-state index is 11.8. The molecule has 5 atom stereocenters. The molecule has 0 amide bonds. The zero-order chi connectivity index (χ0) is 18.7. The monoisotopic (exact) mass is 356 g/mol. The number of benzene rings is 1. The molecule has 1 saturated heterocycles. The van der Waals surface area contributed by atoms with Crippen LogP contribution < -0.4 is 4.74 Å². The number of aromatic hydroxyl groups is 1. The number of aliphatic hydroxyl groups is 3. The minimum atomic E-state index is -1.48. The van der Waals surface area contributed by atoms with Crippen LogP contribution in [0.3, 0.4) is 0 Å². The van der Waals surface area contributed by atoms with Crippen LogP contribution in [0.15, 0.2) is 12.1 Å². The number of ether oxygens (including phenoxy) is 3. The molecule has 0 spiro atoms. The Kier molecular flexibility index (Phi) is 6.23. The predicted octanol–water partition coefficient (Wildman–Crippen LogP) is 0.0125. The molecule has 1 heterocycles. The number of hydrogen-bond acceptors (Lipinski definition) is 8. The molecule has 8 heteroatoms. The molecule has 1 fully saturated rings. The van der Waals surface area contributed by atoms with Crippen LogP contribution >= 0.6 is 0 Å². The Labute approximate surface area is 145 Å². The highest BCUT2D eigenvalue weighted by Crippen LogP contribution is 2.31. The number of carbonyl (C=O) groups excluding carboxylic acids is 1. The molecule has 140 valence electrons. The maximum atomic E-state index is 11.8. The van der Waals surface area contributed by atoms with Gasteiger partial charge in [-0.25, -0.2) is 0 Å². The molecule has 8 nitrogen and oxygen atoms in total. The van der Waals surface area contributed by atoms with Crippen molar-refractivity contribution in [2.45, 2.75) is 57.9 Å². The van der Waals surface area contributed by atoms with Crippen molar-refractivity contribution in [1.29, 1.82) is 0 Å². The number of hydrogen-bond donors (Lipinski definition) is 4. The van der Waals surface area contributed by atoms with Gasteiger partial charge in [-0.2, -0.15) is 0 Å². The minimum absolute atomic E-state index is 0.0133. The van der Waals surface area contributed by atoms with Gasteiger partial charge in [0.2, 0.25) is 6.29 Å². The Morgan fingerprint density at radius 1 is 1.20 bits per heavy atom. The van der Waals surface area contributed by atoms with Crippen LogP contribution in [-0.2, 0) is 20.7 Å². The lowest BCUT2D eigenvalue weighted by molar-refractivity contribution is -0.268. The third kappa shape index (κ3) is 4.40. The SMILES string of the molecule is CCOC(=O)Cc1cc(O)c(C)cc1O[C@@H]1O[C@@H](C)[C@H](O)[C@@H](O)[C@H]1O. The smallest absolute Gasteiger partial charge is 0.310 e. The van der Waals surface area contributed by atoms with Crippen LogP contribution in [0.2, 0.25) is 0 Å². The summed E-state index contributed by atoms with van der Waals surface area (Å²) in [5.41, 5.74) is 0.854. The Hall–Kier alpha value is -1.87. The second-order valence-corrected chi connectivity index (χ2v) is 6.03. The number of phenols is 1. The van der Waals surface area contributed by atoms with Crippen molar-refractivity contribution in [3.8, 4) is 11.5 Å². The Bertz CT molecular complexity index is 617. The van der Waals surface area contributed by atoms with Crippen LogP contribution in [0, 0.1) is 6.92 Å². The molecule has 0 radical (unpaired) electrons. The highest BCUT2D eigenvalue weighted by molar-refractivity contribution is 5.74. The van der Waals surface area contributed by atoms with Gasteiger partial charge in [0, 0.05) is 5.56 Å². The standard InChI is InChI=1S/C17H24O8/c1-4-23-13(19)7-10-6-11(18)8(2)5-12(10)25-17-16(22)15(21)14(20)9(3)24-17/h5-6,9,14-18,20-22H,4,7H2,1-3H3/t9-,14-,15+,16+,17-/m0/s1. The molecule has 1 aliphatic heterocycles. The van der Waals surface area contributed by atoms with E-state index in [0.717, 1.165) is 0 Å². The van der Waals surface area contributed by atoms with Gasteiger partial charge in [0.15, 0.2) is 0 Å². The summed E-state index contributed by atoms with van der Waals surface area (Å²) in [5, 5.41) is 39.6. The molecule has 4 N–H and O–H groups in total. The summed E-state index contributed by atoms with van der Waals surface area (Å²) in [6.45, 7) is 5.09. The first-order chi connectivity index (χ1) is 11.7. The number of aliphatic hydroxyl groups excluding tert-OH is 3. The quantitative estimate of drug-likeness (QED) is 0.544. The van der Waals surface area contributed by atoms with E-state index in [1.165, 1.54) is 19.1 Å². The van der Waals surface area contributed by atoms with Gasteiger partial charge in [-0.15, -0.1) is 0 Å². The van der Waals surface area contributed by atoms with Crippen LogP contribution in [0.4, 0.5) is 0 Å². The molecule has 1 aromatic carbocycles. The summed E-state index contributed by atoms with van der Waals surface area (Å²) >= 11 is 0. The first-order valence-corrected chi connectivity index (χ1v) is 8.09. The summed E-state index contributed by atoms with van der Waals surface area (Å²) in [6.07, 6.45) is -6.28. The summed E-state index contributed by atoms with van der Waals surface area (Å²) in [4.78, 5) is 11.8. The lowest BCUT2D eigenvalue weighted by Gasteiger charge is -2.39. The Morgan fingerprint density at radius 3 is 2.52 bits per heavy atom. The molecule has 0 aliphatic carbocycles. The third-order valence-corrected chi connectivity index (χ3v) is 4.07. The van der Waals surface area contributed by atoms with Crippen molar-refractivity contribution in [3.63, 3.8) is 0 Å². The van der Waals surface area contributed by atoms with E-state index in [9.17, 15) is 25.2 Å². The number of phenolic OH excluding ortho intramolecular Hbond substituents is 1. The number of rotatable bonds is 5. The Morgan fingerprint density at radius 2 is 1.88 bits per heavy atom. The molecule has 0 aromatic heterocycles. The van der Waals surface area contributed by atoms with E-state index in [1.54, 1.807) is 13.8 Å². The molecule has 2 rings (SSSR count). The lowest BCUT2D eigenvalue weighted by Crippen LogP contribution is -2.58. The topological polar surface area (TPSA) is 126 Å². The molecular formula is C17H24O8. The van der Waals surface area contributed by atoms with Gasteiger partial charge >= 0.3 is 5.97 Å². The minimum Gasteiger partial charge on any atom is -0.508 e. The van der Waals surface area contributed by atoms with E-state index in [4.69, 9.17) is 14.2 Å². The van der Waals surface area contributed by atoms with Crippen molar-refractivity contribution in [3.05, 3.63) is 23.3 Å². The zero-order valence-electron chi connectivity index (χ0n) is 14.4. The molecule has 25 heavy (non-hydrogen) atoms. The van der Waals surface area contributed by atoms with Crippen molar-refractivity contribution in [2.75, 3.05) is 6.61 Å². The number of carbonyl (C=O) groups is 1. The maximum Gasteiger partial charge on any atom is 0.310 e. The lowest BCUT2D eigenvalue weighted by atomic mass is 10.00. The van der Waals surface area contributed by atoms with Crippen LogP contribution in [0.25, 0.3) is 0 Å². The fourth-order valence-corrected chi connectivity index (χ4v) is 2.56. The van der Waals surface area contributed by atoms with Gasteiger partial charge in [0.1, 0.15) is 29.8 Å². The first kappa shape index (κ1) is 19.5. The van der Waals surface area contributed by atoms with Crippen molar-refractivity contribution >= 4 is 5.97 Å². The van der Waals surface area contributed by atoms with Crippen LogP contribution in [0.1, 0.15) is 25.0 Å². The fourth-order valence-electron chi connectivity index (χ4n) is 2.56. The van der Waals surface area contributed by atoms with Gasteiger partial charge in [-0.05, 0) is 38.5 Å². The summed E-state index contributed by atoms with van der Waals surface area (Å²) < 4.78 is 15.9. The average Bonchev–Trinajstić information content (AvgIpc) is 2.55. The van der Waals surface area contributed by atoms with Gasteiger partial charge < -0.3 is 34.6 Å². The third-order valence-electron chi connectivity index (χ3n) is 4.07. The fraction of sp³-hybridized carbons (Fsp3) is 0.588. The normalized spacial score (nSPS) is 29.3. The van der Waals surface area contributed by atoms with E-state index in [1.807, 2.05) is 0 Å². The van der Waals surface area contributed by atoms with E-state index in [-0.39, 0.29) is 24.5 Å². The second kappa shape index (κ2) is 8.01. The summed E-state index contributed by atoms with van der Waals surface area (Å²) in [5.74, 6) is -0.298. The van der Waals surface area contributed by atoms with Crippen molar-refractivity contribution in [2.24, 2.45) is 0 Å². The summed E-state index contributed by atoms with van der Waals surface area (Å²) in [6, 6.07) is 2.88. The molecule has 0 unspecified atom stereocenters. The largest absolute Gasteiger partial charge is 0.508 e. The van der Waals surface area contributed by atoms with Gasteiger partial charge in [-0.1, -0.05) is 0 Å². The molecule has 0 bridgehead atoms.